The van der Waals surface area contributed by atoms with Crippen LogP contribution in [0.25, 0.3) is 22.4 Å². The molecule has 0 spiro atoms. The molecule has 0 unspecified atom stereocenters. The summed E-state index contributed by atoms with van der Waals surface area (Å²) in [6.07, 6.45) is 0. The highest BCUT2D eigenvalue weighted by atomic mass is 35.5. The van der Waals surface area contributed by atoms with Crippen molar-refractivity contribution in [3.63, 3.8) is 0 Å². The van der Waals surface area contributed by atoms with Crippen molar-refractivity contribution < 1.29 is 4.39 Å². The first-order valence-corrected chi connectivity index (χ1v) is 6.30. The zero-order valence-corrected chi connectivity index (χ0v) is 11.3. The van der Waals surface area contributed by atoms with Gasteiger partial charge in [-0.05, 0) is 36.4 Å². The normalized spacial score (nSPS) is 10.7. The Hall–Kier alpha value is -2.38. The zero-order valence-electron chi connectivity index (χ0n) is 10.6. The van der Waals surface area contributed by atoms with E-state index in [1.54, 1.807) is 30.3 Å². The molecule has 0 amide bonds. The molecule has 98 valence electrons. The van der Waals surface area contributed by atoms with Crippen LogP contribution in [0.3, 0.4) is 0 Å². The summed E-state index contributed by atoms with van der Waals surface area (Å²) < 4.78 is 15.1. The van der Waals surface area contributed by atoms with Gasteiger partial charge in [-0.25, -0.2) is 9.37 Å². The molecule has 5 heteroatoms. The quantitative estimate of drug-likeness (QED) is 0.680. The van der Waals surface area contributed by atoms with Gasteiger partial charge in [0.1, 0.15) is 11.6 Å². The number of nitrogens with zero attached hydrogens (tertiary/aromatic N) is 3. The van der Waals surface area contributed by atoms with Gasteiger partial charge >= 0.3 is 0 Å². The Bertz CT molecular complexity index is 861. The van der Waals surface area contributed by atoms with Crippen LogP contribution in [0.2, 0.25) is 5.02 Å². The number of halogens is 2. The summed E-state index contributed by atoms with van der Waals surface area (Å²) in [5.74, 6) is 0.220. The summed E-state index contributed by atoms with van der Waals surface area (Å²) in [5.41, 5.74) is 2.93. The van der Waals surface area contributed by atoms with Crippen molar-refractivity contribution >= 4 is 22.6 Å². The van der Waals surface area contributed by atoms with E-state index in [1.165, 1.54) is 6.07 Å². The van der Waals surface area contributed by atoms with Crippen LogP contribution in [-0.2, 0) is 7.05 Å². The first-order chi connectivity index (χ1) is 9.60. The summed E-state index contributed by atoms with van der Waals surface area (Å²) in [6, 6.07) is 11.9. The average Bonchev–Trinajstić information content (AvgIpc) is 2.79. The molecule has 0 N–H and O–H groups in total. The van der Waals surface area contributed by atoms with Crippen molar-refractivity contribution in [2.24, 2.45) is 7.05 Å². The largest absolute Gasteiger partial charge is 0.327 e. The second-order valence-electron chi connectivity index (χ2n) is 4.44. The van der Waals surface area contributed by atoms with Crippen LogP contribution in [0.5, 0.6) is 0 Å². The average molecular weight is 286 g/mol. The maximum atomic E-state index is 13.2. The van der Waals surface area contributed by atoms with Crippen LogP contribution in [0.1, 0.15) is 5.56 Å². The number of hydrogen-bond acceptors (Lipinski definition) is 2. The number of fused-ring (bicyclic) bond motifs is 1. The summed E-state index contributed by atoms with van der Waals surface area (Å²) in [7, 11) is 1.85. The lowest BCUT2D eigenvalue weighted by Gasteiger charge is -2.03. The van der Waals surface area contributed by atoms with Gasteiger partial charge in [-0.2, -0.15) is 5.26 Å². The highest BCUT2D eigenvalue weighted by Gasteiger charge is 2.12. The van der Waals surface area contributed by atoms with E-state index in [9.17, 15) is 4.39 Å². The van der Waals surface area contributed by atoms with E-state index in [0.29, 0.717) is 11.4 Å². The van der Waals surface area contributed by atoms with E-state index >= 15 is 0 Å². The van der Waals surface area contributed by atoms with Crippen LogP contribution >= 0.6 is 11.6 Å². The minimum Gasteiger partial charge on any atom is -0.327 e. The minimum atomic E-state index is -0.457. The summed E-state index contributed by atoms with van der Waals surface area (Å²) in [6.45, 7) is 0. The van der Waals surface area contributed by atoms with E-state index in [1.807, 2.05) is 11.6 Å². The van der Waals surface area contributed by atoms with Gasteiger partial charge in [-0.1, -0.05) is 11.6 Å². The second-order valence-corrected chi connectivity index (χ2v) is 4.85. The molecule has 0 aliphatic rings. The molecule has 20 heavy (non-hydrogen) atoms. The number of imidazole rings is 1. The van der Waals surface area contributed by atoms with Crippen LogP contribution in [0.15, 0.2) is 36.4 Å². The SMILES string of the molecule is Cn1c(-c2ccc(F)c(Cl)c2)nc2ccc(C#N)cc21. The molecule has 3 nitrogen and oxygen atoms in total. The fourth-order valence-electron chi connectivity index (χ4n) is 2.15. The third-order valence-corrected chi connectivity index (χ3v) is 3.48. The lowest BCUT2D eigenvalue weighted by Crippen LogP contribution is -1.93. The Morgan fingerprint density at radius 3 is 2.75 bits per heavy atom. The molecular weight excluding hydrogens is 277 g/mol. The Morgan fingerprint density at radius 2 is 2.05 bits per heavy atom. The van der Waals surface area contributed by atoms with Gasteiger partial charge in [-0.15, -0.1) is 0 Å². The fraction of sp³-hybridized carbons (Fsp3) is 0.0667. The Labute approximate surface area is 119 Å². The van der Waals surface area contributed by atoms with Gasteiger partial charge < -0.3 is 4.57 Å². The lowest BCUT2D eigenvalue weighted by molar-refractivity contribution is 0.628. The maximum Gasteiger partial charge on any atom is 0.141 e. The molecule has 0 saturated heterocycles. The van der Waals surface area contributed by atoms with Crippen molar-refractivity contribution in [1.82, 2.24) is 9.55 Å². The van der Waals surface area contributed by atoms with Crippen molar-refractivity contribution in [2.75, 3.05) is 0 Å². The van der Waals surface area contributed by atoms with E-state index in [0.717, 1.165) is 16.6 Å². The molecule has 0 bridgehead atoms. The lowest BCUT2D eigenvalue weighted by atomic mass is 10.2. The number of rotatable bonds is 1. The number of nitriles is 1. The summed E-state index contributed by atoms with van der Waals surface area (Å²) in [5, 5.41) is 9.00. The highest BCUT2D eigenvalue weighted by molar-refractivity contribution is 6.31. The Morgan fingerprint density at radius 1 is 1.25 bits per heavy atom. The molecule has 0 aliphatic heterocycles. The highest BCUT2D eigenvalue weighted by Crippen LogP contribution is 2.27. The standard InChI is InChI=1S/C15H9ClFN3/c1-20-14-6-9(8-18)2-5-13(14)19-15(20)10-3-4-12(17)11(16)7-10/h2-7H,1H3. The van der Waals surface area contributed by atoms with Crippen LogP contribution in [0, 0.1) is 17.1 Å². The van der Waals surface area contributed by atoms with Crippen LogP contribution in [-0.4, -0.2) is 9.55 Å². The second kappa shape index (κ2) is 4.62. The molecular formula is C15H9ClFN3. The fourth-order valence-corrected chi connectivity index (χ4v) is 2.33. The van der Waals surface area contributed by atoms with Crippen LogP contribution < -0.4 is 0 Å². The van der Waals surface area contributed by atoms with Gasteiger partial charge in [0.2, 0.25) is 0 Å². The number of hydrogen-bond donors (Lipinski definition) is 0. The van der Waals surface area contributed by atoms with Gasteiger partial charge in [0.15, 0.2) is 0 Å². The third-order valence-electron chi connectivity index (χ3n) is 3.19. The minimum absolute atomic E-state index is 0.0623. The van der Waals surface area contributed by atoms with Crippen molar-refractivity contribution in [3.8, 4) is 17.5 Å². The third kappa shape index (κ3) is 1.93. The van der Waals surface area contributed by atoms with E-state index in [4.69, 9.17) is 16.9 Å². The molecule has 3 aromatic rings. The predicted molar refractivity (Wildman–Crippen MR) is 75.8 cm³/mol. The smallest absolute Gasteiger partial charge is 0.141 e. The molecule has 1 aromatic heterocycles. The molecule has 2 aromatic carbocycles. The topological polar surface area (TPSA) is 41.6 Å². The van der Waals surface area contributed by atoms with Crippen molar-refractivity contribution in [1.29, 1.82) is 5.26 Å². The van der Waals surface area contributed by atoms with Crippen molar-refractivity contribution in [3.05, 3.63) is 52.8 Å². The first-order valence-electron chi connectivity index (χ1n) is 5.92. The van der Waals surface area contributed by atoms with E-state index in [-0.39, 0.29) is 5.02 Å². The number of aryl methyl sites for hydroxylation is 1. The molecule has 0 fully saturated rings. The van der Waals surface area contributed by atoms with Gasteiger partial charge in [0.05, 0.1) is 27.7 Å². The Kier molecular flexibility index (Phi) is 2.92. The number of benzene rings is 2. The number of aromatic nitrogens is 2. The van der Waals surface area contributed by atoms with Gasteiger partial charge in [0.25, 0.3) is 0 Å². The molecule has 0 aliphatic carbocycles. The molecule has 0 radical (unpaired) electrons. The predicted octanol–water partition coefficient (Wildman–Crippen LogP) is 3.90. The van der Waals surface area contributed by atoms with Gasteiger partial charge in [-0.3, -0.25) is 0 Å². The van der Waals surface area contributed by atoms with Crippen LogP contribution in [0.4, 0.5) is 4.39 Å². The monoisotopic (exact) mass is 285 g/mol. The van der Waals surface area contributed by atoms with E-state index in [2.05, 4.69) is 11.1 Å². The molecule has 0 saturated carbocycles. The van der Waals surface area contributed by atoms with E-state index < -0.39 is 5.82 Å². The molecule has 1 heterocycles. The summed E-state index contributed by atoms with van der Waals surface area (Å²) >= 11 is 5.81. The Balaban J connectivity index is 2.24. The summed E-state index contributed by atoms with van der Waals surface area (Å²) in [4.78, 5) is 4.50. The molecule has 0 atom stereocenters. The van der Waals surface area contributed by atoms with Gasteiger partial charge in [0, 0.05) is 12.6 Å². The molecule has 3 rings (SSSR count). The zero-order chi connectivity index (χ0) is 14.3. The maximum absolute atomic E-state index is 13.2. The van der Waals surface area contributed by atoms with Crippen molar-refractivity contribution in [2.45, 2.75) is 0 Å². The first kappa shape index (κ1) is 12.6.